The summed E-state index contributed by atoms with van der Waals surface area (Å²) in [5.41, 5.74) is 1.31. The van der Waals surface area contributed by atoms with Gasteiger partial charge in [0.1, 0.15) is 0 Å². The molecular formula is C21H32N2O2. The molecule has 0 atom stereocenters. The minimum Gasteiger partial charge on any atom is -0.356 e. The summed E-state index contributed by atoms with van der Waals surface area (Å²) in [7, 11) is 0. The molecule has 4 heteroatoms. The van der Waals surface area contributed by atoms with Crippen LogP contribution in [0.25, 0.3) is 0 Å². The quantitative estimate of drug-likeness (QED) is 0.735. The van der Waals surface area contributed by atoms with E-state index in [0.717, 1.165) is 58.2 Å². The van der Waals surface area contributed by atoms with Crippen molar-refractivity contribution in [3.05, 3.63) is 35.9 Å². The molecule has 2 amide bonds. The predicted molar refractivity (Wildman–Crippen MR) is 101 cm³/mol. The zero-order valence-corrected chi connectivity index (χ0v) is 15.7. The van der Waals surface area contributed by atoms with Crippen molar-refractivity contribution in [3.63, 3.8) is 0 Å². The Balaban J connectivity index is 1.66. The smallest absolute Gasteiger partial charge is 0.225 e. The summed E-state index contributed by atoms with van der Waals surface area (Å²) in [5, 5.41) is 3.08. The SMILES string of the molecule is CCN(CC)C(=O)C1CCC(C(=O)NCCCc2ccccc2)CC1. The summed E-state index contributed by atoms with van der Waals surface area (Å²) < 4.78 is 0. The van der Waals surface area contributed by atoms with Gasteiger partial charge in [-0.3, -0.25) is 9.59 Å². The van der Waals surface area contributed by atoms with Crippen LogP contribution in [0.15, 0.2) is 30.3 Å². The second-order valence-corrected chi connectivity index (χ2v) is 6.94. The number of nitrogens with zero attached hydrogens (tertiary/aromatic N) is 1. The molecule has 0 heterocycles. The van der Waals surface area contributed by atoms with E-state index in [1.807, 2.05) is 36.9 Å². The highest BCUT2D eigenvalue weighted by Gasteiger charge is 2.31. The van der Waals surface area contributed by atoms with E-state index in [-0.39, 0.29) is 23.7 Å². The highest BCUT2D eigenvalue weighted by atomic mass is 16.2. The van der Waals surface area contributed by atoms with Gasteiger partial charge >= 0.3 is 0 Å². The Hall–Kier alpha value is -1.84. The van der Waals surface area contributed by atoms with Crippen LogP contribution in [-0.4, -0.2) is 36.3 Å². The third-order valence-corrected chi connectivity index (χ3v) is 5.31. The first-order chi connectivity index (χ1) is 12.2. The molecule has 4 nitrogen and oxygen atoms in total. The van der Waals surface area contributed by atoms with Crippen molar-refractivity contribution >= 4 is 11.8 Å². The van der Waals surface area contributed by atoms with Gasteiger partial charge in [-0.2, -0.15) is 0 Å². The average Bonchev–Trinajstić information content (AvgIpc) is 2.67. The van der Waals surface area contributed by atoms with Crippen molar-refractivity contribution in [2.75, 3.05) is 19.6 Å². The largest absolute Gasteiger partial charge is 0.356 e. The number of aryl methyl sites for hydroxylation is 1. The molecule has 0 aliphatic heterocycles. The van der Waals surface area contributed by atoms with Gasteiger partial charge in [0.2, 0.25) is 11.8 Å². The van der Waals surface area contributed by atoms with Crippen LogP contribution in [0.3, 0.4) is 0 Å². The maximum absolute atomic E-state index is 12.4. The van der Waals surface area contributed by atoms with Gasteiger partial charge in [0.15, 0.2) is 0 Å². The fraction of sp³-hybridized carbons (Fsp3) is 0.619. The van der Waals surface area contributed by atoms with E-state index in [0.29, 0.717) is 0 Å². The standard InChI is InChI=1S/C21H32N2O2/c1-3-23(4-2)21(25)19-14-12-18(13-15-19)20(24)22-16-8-11-17-9-6-5-7-10-17/h5-7,9-10,18-19H,3-4,8,11-16H2,1-2H3,(H,22,24). The maximum atomic E-state index is 12.4. The van der Waals surface area contributed by atoms with Gasteiger partial charge in [-0.25, -0.2) is 0 Å². The van der Waals surface area contributed by atoms with Crippen LogP contribution >= 0.6 is 0 Å². The van der Waals surface area contributed by atoms with Crippen LogP contribution < -0.4 is 5.32 Å². The molecule has 2 rings (SSSR count). The summed E-state index contributed by atoms with van der Waals surface area (Å²) in [5.74, 6) is 0.632. The molecular weight excluding hydrogens is 312 g/mol. The Kier molecular flexibility index (Phi) is 7.96. The monoisotopic (exact) mass is 344 g/mol. The number of amides is 2. The van der Waals surface area contributed by atoms with Gasteiger partial charge in [-0.05, 0) is 57.9 Å². The lowest BCUT2D eigenvalue weighted by molar-refractivity contribution is -0.138. The van der Waals surface area contributed by atoms with E-state index < -0.39 is 0 Å². The van der Waals surface area contributed by atoms with Crippen molar-refractivity contribution in [2.45, 2.75) is 52.4 Å². The first-order valence-corrected chi connectivity index (χ1v) is 9.76. The number of carbonyl (C=O) groups is 2. The molecule has 0 aromatic heterocycles. The fourth-order valence-electron chi connectivity index (χ4n) is 3.69. The average molecular weight is 344 g/mol. The summed E-state index contributed by atoms with van der Waals surface area (Å²) in [6.45, 7) is 6.33. The summed E-state index contributed by atoms with van der Waals surface area (Å²) in [4.78, 5) is 26.6. The molecule has 1 aromatic rings. The zero-order valence-electron chi connectivity index (χ0n) is 15.7. The zero-order chi connectivity index (χ0) is 18.1. The molecule has 0 radical (unpaired) electrons. The van der Waals surface area contributed by atoms with Crippen LogP contribution in [0, 0.1) is 11.8 Å². The van der Waals surface area contributed by atoms with Crippen LogP contribution in [0.5, 0.6) is 0 Å². The van der Waals surface area contributed by atoms with Crippen molar-refractivity contribution in [2.24, 2.45) is 11.8 Å². The topological polar surface area (TPSA) is 49.4 Å². The molecule has 0 bridgehead atoms. The van der Waals surface area contributed by atoms with Gasteiger partial charge in [0, 0.05) is 31.5 Å². The van der Waals surface area contributed by atoms with E-state index in [4.69, 9.17) is 0 Å². The fourth-order valence-corrected chi connectivity index (χ4v) is 3.69. The number of rotatable bonds is 8. The first-order valence-electron chi connectivity index (χ1n) is 9.76. The van der Waals surface area contributed by atoms with Crippen LogP contribution in [0.4, 0.5) is 0 Å². The highest BCUT2D eigenvalue weighted by Crippen LogP contribution is 2.30. The number of nitrogens with one attached hydrogen (secondary N) is 1. The minimum absolute atomic E-state index is 0.0810. The Morgan fingerprint density at radius 1 is 1.00 bits per heavy atom. The van der Waals surface area contributed by atoms with Crippen LogP contribution in [-0.2, 0) is 16.0 Å². The molecule has 1 fully saturated rings. The summed E-state index contributed by atoms with van der Waals surface area (Å²) in [6, 6.07) is 10.4. The van der Waals surface area contributed by atoms with Crippen LogP contribution in [0.1, 0.15) is 51.5 Å². The van der Waals surface area contributed by atoms with Gasteiger partial charge < -0.3 is 10.2 Å². The third kappa shape index (κ3) is 5.87. The van der Waals surface area contributed by atoms with Gasteiger partial charge in [-0.1, -0.05) is 30.3 Å². The molecule has 0 saturated heterocycles. The number of hydrogen-bond donors (Lipinski definition) is 1. The Bertz CT molecular complexity index is 532. The number of carbonyl (C=O) groups excluding carboxylic acids is 2. The Morgan fingerprint density at radius 3 is 2.20 bits per heavy atom. The van der Waals surface area contributed by atoms with Crippen molar-refractivity contribution in [1.29, 1.82) is 0 Å². The Morgan fingerprint density at radius 2 is 1.60 bits per heavy atom. The predicted octanol–water partition coefficient (Wildman–Crippen LogP) is 3.41. The normalized spacial score (nSPS) is 20.1. The minimum atomic E-state index is 0.0810. The molecule has 1 aromatic carbocycles. The van der Waals surface area contributed by atoms with E-state index in [1.165, 1.54) is 5.56 Å². The van der Waals surface area contributed by atoms with Gasteiger partial charge in [0.25, 0.3) is 0 Å². The molecule has 25 heavy (non-hydrogen) atoms. The lowest BCUT2D eigenvalue weighted by Gasteiger charge is -2.30. The molecule has 1 aliphatic rings. The third-order valence-electron chi connectivity index (χ3n) is 5.31. The summed E-state index contributed by atoms with van der Waals surface area (Å²) in [6.07, 6.45) is 5.32. The van der Waals surface area contributed by atoms with E-state index in [1.54, 1.807) is 0 Å². The number of hydrogen-bond acceptors (Lipinski definition) is 2. The van der Waals surface area contributed by atoms with Crippen molar-refractivity contribution < 1.29 is 9.59 Å². The van der Waals surface area contributed by atoms with Gasteiger partial charge in [0.05, 0.1) is 0 Å². The molecule has 1 aliphatic carbocycles. The van der Waals surface area contributed by atoms with E-state index in [9.17, 15) is 9.59 Å². The van der Waals surface area contributed by atoms with E-state index >= 15 is 0 Å². The van der Waals surface area contributed by atoms with Gasteiger partial charge in [-0.15, -0.1) is 0 Å². The van der Waals surface area contributed by atoms with Crippen molar-refractivity contribution in [3.8, 4) is 0 Å². The second-order valence-electron chi connectivity index (χ2n) is 6.94. The Labute approximate surface area is 152 Å². The second kappa shape index (κ2) is 10.2. The summed E-state index contributed by atoms with van der Waals surface area (Å²) >= 11 is 0. The maximum Gasteiger partial charge on any atom is 0.225 e. The molecule has 0 spiro atoms. The number of benzene rings is 1. The molecule has 138 valence electrons. The molecule has 1 N–H and O–H groups in total. The molecule has 0 unspecified atom stereocenters. The lowest BCUT2D eigenvalue weighted by atomic mass is 9.81. The van der Waals surface area contributed by atoms with E-state index in [2.05, 4.69) is 17.4 Å². The van der Waals surface area contributed by atoms with Crippen LogP contribution in [0.2, 0.25) is 0 Å². The molecule has 1 saturated carbocycles. The van der Waals surface area contributed by atoms with Crippen molar-refractivity contribution in [1.82, 2.24) is 10.2 Å². The first kappa shape index (κ1) is 19.5. The lowest BCUT2D eigenvalue weighted by Crippen LogP contribution is -2.39. The highest BCUT2D eigenvalue weighted by molar-refractivity contribution is 5.81.